The number of nitrogens with zero attached hydrogens (tertiary/aromatic N) is 3. The van der Waals surface area contributed by atoms with Gasteiger partial charge in [-0.3, -0.25) is 14.4 Å². The molecule has 1 amide bonds. The number of hydrogen-bond donors (Lipinski definition) is 3. The standard InChI is InChI=1S/C23H23F2N5O3S2.C2HF3O2/c1-13-19(9-18(25)23(27-13)35(32,33)29-20-11-34-12-26-20)28-22(31)21-14(3-2-4-17(21)24)10-30-15-5-6-16(30)8-7-15;3-2(4,5)1(6)7/h2-4,9,11-12,15-16,29H,5-8,10H2,1H3,(H,28,31);(H,6,7). The molecule has 2 aliphatic heterocycles. The first-order valence-electron chi connectivity index (χ1n) is 12.4. The van der Waals surface area contributed by atoms with Gasteiger partial charge in [0.25, 0.3) is 15.9 Å². The van der Waals surface area contributed by atoms with E-state index >= 15 is 0 Å². The molecule has 2 bridgehead atoms. The first-order chi connectivity index (χ1) is 19.7. The van der Waals surface area contributed by atoms with Gasteiger partial charge in [0.2, 0.25) is 5.03 Å². The van der Waals surface area contributed by atoms with Crippen molar-refractivity contribution in [3.05, 3.63) is 63.6 Å². The topological polar surface area (TPSA) is 142 Å². The van der Waals surface area contributed by atoms with Crippen LogP contribution < -0.4 is 10.0 Å². The third kappa shape index (κ3) is 7.01. The Morgan fingerprint density at radius 2 is 1.74 bits per heavy atom. The number of benzene rings is 1. The maximum absolute atomic E-state index is 14.8. The number of amides is 1. The lowest BCUT2D eigenvalue weighted by atomic mass is 10.0. The van der Waals surface area contributed by atoms with Crippen LogP contribution >= 0.6 is 11.3 Å². The lowest BCUT2D eigenvalue weighted by molar-refractivity contribution is -0.192. The normalized spacial score (nSPS) is 18.3. The summed E-state index contributed by atoms with van der Waals surface area (Å²) in [6, 6.07) is 6.28. The fourth-order valence-corrected chi connectivity index (χ4v) is 6.55. The number of alkyl halides is 3. The molecule has 0 atom stereocenters. The lowest BCUT2D eigenvalue weighted by Gasteiger charge is -2.23. The van der Waals surface area contributed by atoms with Crippen molar-refractivity contribution in [2.45, 2.75) is 62.4 Å². The number of aryl methyl sites for hydroxylation is 1. The highest BCUT2D eigenvalue weighted by molar-refractivity contribution is 7.92. The maximum Gasteiger partial charge on any atom is 0.490 e. The molecule has 0 unspecified atom stereocenters. The fraction of sp³-hybridized carbons (Fsp3) is 0.360. The average Bonchev–Trinajstić information content (AvgIpc) is 3.64. The van der Waals surface area contributed by atoms with E-state index in [4.69, 9.17) is 9.90 Å². The van der Waals surface area contributed by atoms with Crippen LogP contribution in [-0.4, -0.2) is 58.5 Å². The lowest BCUT2D eigenvalue weighted by Crippen LogP contribution is -2.29. The minimum Gasteiger partial charge on any atom is -0.475 e. The van der Waals surface area contributed by atoms with E-state index in [0.29, 0.717) is 24.2 Å². The molecule has 42 heavy (non-hydrogen) atoms. The number of rotatable bonds is 7. The first-order valence-corrected chi connectivity index (χ1v) is 14.8. The Morgan fingerprint density at radius 1 is 1.12 bits per heavy atom. The van der Waals surface area contributed by atoms with E-state index in [1.54, 1.807) is 12.1 Å². The highest BCUT2D eigenvalue weighted by atomic mass is 32.2. The zero-order valence-electron chi connectivity index (χ0n) is 21.8. The van der Waals surface area contributed by atoms with Crippen molar-refractivity contribution in [1.29, 1.82) is 0 Å². The van der Waals surface area contributed by atoms with Crippen molar-refractivity contribution < 1.29 is 45.1 Å². The molecule has 226 valence electrons. The molecule has 2 aromatic heterocycles. The van der Waals surface area contributed by atoms with Gasteiger partial charge < -0.3 is 10.4 Å². The van der Waals surface area contributed by atoms with Gasteiger partial charge in [0.15, 0.2) is 11.6 Å². The molecule has 4 heterocycles. The number of aliphatic carboxylic acids is 1. The molecular formula is C25H24F5N5O5S2. The van der Waals surface area contributed by atoms with Gasteiger partial charge >= 0.3 is 12.1 Å². The monoisotopic (exact) mass is 633 g/mol. The minimum atomic E-state index is -5.08. The number of sulfonamides is 1. The van der Waals surface area contributed by atoms with E-state index in [9.17, 15) is 35.2 Å². The Bertz CT molecular complexity index is 1560. The summed E-state index contributed by atoms with van der Waals surface area (Å²) in [5.41, 5.74) is 1.89. The second-order valence-electron chi connectivity index (χ2n) is 9.55. The summed E-state index contributed by atoms with van der Waals surface area (Å²) >= 11 is 1.17. The molecule has 5 rings (SSSR count). The second kappa shape index (κ2) is 12.3. The van der Waals surface area contributed by atoms with Crippen LogP contribution in [0.5, 0.6) is 0 Å². The molecule has 1 aromatic carbocycles. The van der Waals surface area contributed by atoms with Gasteiger partial charge in [-0.25, -0.2) is 23.5 Å². The second-order valence-corrected chi connectivity index (χ2v) is 11.9. The van der Waals surface area contributed by atoms with Gasteiger partial charge in [-0.1, -0.05) is 12.1 Å². The number of carbonyl (C=O) groups excluding carboxylic acids is 1. The van der Waals surface area contributed by atoms with E-state index < -0.39 is 44.7 Å². The van der Waals surface area contributed by atoms with E-state index in [2.05, 4.69) is 24.9 Å². The van der Waals surface area contributed by atoms with Crippen molar-refractivity contribution in [3.63, 3.8) is 0 Å². The van der Waals surface area contributed by atoms with E-state index in [1.165, 1.54) is 35.2 Å². The number of aromatic nitrogens is 2. The molecule has 0 saturated carbocycles. The molecule has 2 saturated heterocycles. The predicted molar refractivity (Wildman–Crippen MR) is 141 cm³/mol. The number of carbonyl (C=O) groups is 2. The van der Waals surface area contributed by atoms with Gasteiger partial charge in [0.1, 0.15) is 5.82 Å². The molecule has 0 aliphatic carbocycles. The van der Waals surface area contributed by atoms with Gasteiger partial charge in [0, 0.05) is 30.1 Å². The number of hydrogen-bond acceptors (Lipinski definition) is 8. The van der Waals surface area contributed by atoms with Gasteiger partial charge in [-0.2, -0.15) is 21.6 Å². The Labute approximate surface area is 240 Å². The maximum atomic E-state index is 14.8. The molecule has 0 spiro atoms. The van der Waals surface area contributed by atoms with Crippen LogP contribution in [0.2, 0.25) is 0 Å². The van der Waals surface area contributed by atoms with Crippen LogP contribution in [0.3, 0.4) is 0 Å². The number of anilines is 2. The summed E-state index contributed by atoms with van der Waals surface area (Å²) < 4.78 is 88.6. The van der Waals surface area contributed by atoms with Crippen LogP contribution in [0.25, 0.3) is 0 Å². The highest BCUT2D eigenvalue weighted by Gasteiger charge is 2.40. The highest BCUT2D eigenvalue weighted by Crippen LogP contribution is 2.39. The zero-order chi connectivity index (χ0) is 30.8. The Kier molecular flexibility index (Phi) is 9.12. The molecular weight excluding hydrogens is 609 g/mol. The smallest absolute Gasteiger partial charge is 0.475 e. The Balaban J connectivity index is 0.000000517. The third-order valence-corrected chi connectivity index (χ3v) is 8.69. The summed E-state index contributed by atoms with van der Waals surface area (Å²) in [5, 5.41) is 10.3. The van der Waals surface area contributed by atoms with E-state index in [0.717, 1.165) is 31.7 Å². The molecule has 2 fully saturated rings. The fourth-order valence-electron chi connectivity index (χ4n) is 4.94. The van der Waals surface area contributed by atoms with Crippen LogP contribution in [-0.2, 0) is 21.4 Å². The number of fused-ring (bicyclic) bond motifs is 2. The van der Waals surface area contributed by atoms with Gasteiger partial charge in [-0.15, -0.1) is 11.3 Å². The molecule has 3 aromatic rings. The largest absolute Gasteiger partial charge is 0.490 e. The number of nitrogens with one attached hydrogen (secondary N) is 2. The van der Waals surface area contributed by atoms with Crippen molar-refractivity contribution in [2.75, 3.05) is 10.0 Å². The van der Waals surface area contributed by atoms with E-state index in [1.807, 2.05) is 0 Å². The van der Waals surface area contributed by atoms with Crippen molar-refractivity contribution >= 4 is 44.7 Å². The van der Waals surface area contributed by atoms with Crippen LogP contribution in [0.1, 0.15) is 47.3 Å². The summed E-state index contributed by atoms with van der Waals surface area (Å²) in [4.78, 5) is 32.0. The summed E-state index contributed by atoms with van der Waals surface area (Å²) in [5.74, 6) is -5.29. The SMILES string of the molecule is Cc1nc(S(=O)(=O)Nc2cscn2)c(F)cc1NC(=O)c1c(F)cccc1CN1C2CCC1CC2.O=C(O)C(F)(F)F. The number of carboxylic acids is 1. The molecule has 10 nitrogen and oxygen atoms in total. The third-order valence-electron chi connectivity index (χ3n) is 6.84. The van der Waals surface area contributed by atoms with Crippen molar-refractivity contribution in [3.8, 4) is 0 Å². The molecule has 0 radical (unpaired) electrons. The van der Waals surface area contributed by atoms with Crippen LogP contribution in [0.15, 0.2) is 40.2 Å². The van der Waals surface area contributed by atoms with E-state index in [-0.39, 0.29) is 22.8 Å². The Hall–Kier alpha value is -3.70. The molecule has 2 aliphatic rings. The zero-order valence-corrected chi connectivity index (χ0v) is 23.4. The van der Waals surface area contributed by atoms with Gasteiger partial charge in [-0.05, 0) is 44.2 Å². The van der Waals surface area contributed by atoms with Crippen molar-refractivity contribution in [1.82, 2.24) is 14.9 Å². The summed E-state index contributed by atoms with van der Waals surface area (Å²) in [6.07, 6.45) is -0.646. The van der Waals surface area contributed by atoms with Crippen molar-refractivity contribution in [2.24, 2.45) is 0 Å². The number of carboxylic acid groups (broad SMARTS) is 1. The molecule has 3 N–H and O–H groups in total. The van der Waals surface area contributed by atoms with Crippen LogP contribution in [0, 0.1) is 18.6 Å². The number of halogens is 5. The van der Waals surface area contributed by atoms with Crippen LogP contribution in [0.4, 0.5) is 33.5 Å². The summed E-state index contributed by atoms with van der Waals surface area (Å²) in [7, 11) is -4.34. The summed E-state index contributed by atoms with van der Waals surface area (Å²) in [6.45, 7) is 1.89. The quantitative estimate of drug-likeness (QED) is 0.311. The first kappa shape index (κ1) is 31.2. The average molecular weight is 634 g/mol. The minimum absolute atomic E-state index is 0.0458. The number of pyridine rings is 1. The molecule has 17 heteroatoms. The Morgan fingerprint density at radius 3 is 2.29 bits per heavy atom. The predicted octanol–water partition coefficient (Wildman–Crippen LogP) is 4.94. The number of thiazole rings is 1. The van der Waals surface area contributed by atoms with Gasteiger partial charge in [0.05, 0.1) is 22.5 Å².